The Morgan fingerprint density at radius 3 is 2.39 bits per heavy atom. The van der Waals surface area contributed by atoms with Crippen LogP contribution in [0.3, 0.4) is 0 Å². The smallest absolute Gasteiger partial charge is 0.303 e. The molecule has 38 heavy (non-hydrogen) atoms. The van der Waals surface area contributed by atoms with Gasteiger partial charge in [-0.1, -0.05) is 48.5 Å². The summed E-state index contributed by atoms with van der Waals surface area (Å²) in [5.41, 5.74) is 3.64. The molecule has 2 aromatic rings. The van der Waals surface area contributed by atoms with Crippen LogP contribution >= 0.6 is 0 Å². The summed E-state index contributed by atoms with van der Waals surface area (Å²) in [4.78, 5) is 25.5. The summed E-state index contributed by atoms with van der Waals surface area (Å²) >= 11 is 0. The van der Waals surface area contributed by atoms with Gasteiger partial charge in [-0.25, -0.2) is 0 Å². The molecule has 2 aromatic carbocycles. The number of amides is 1. The van der Waals surface area contributed by atoms with Gasteiger partial charge in [-0.3, -0.25) is 14.5 Å². The molecule has 0 bridgehead atoms. The Bertz CT molecular complexity index is 1060. The third-order valence-electron chi connectivity index (χ3n) is 7.19. The fourth-order valence-electron chi connectivity index (χ4n) is 5.06. The zero-order chi connectivity index (χ0) is 27.1. The van der Waals surface area contributed by atoms with Gasteiger partial charge in [-0.15, -0.1) is 0 Å². The largest absolute Gasteiger partial charge is 0.453 e. The fraction of sp³-hybridized carbons (Fsp3) is 0.517. The van der Waals surface area contributed by atoms with Gasteiger partial charge in [0.1, 0.15) is 0 Å². The molecule has 0 saturated carbocycles. The van der Waals surface area contributed by atoms with Crippen molar-refractivity contribution >= 4 is 11.9 Å². The highest BCUT2D eigenvalue weighted by Crippen LogP contribution is 2.38. The normalized spacial score (nSPS) is 24.6. The molecule has 9 nitrogen and oxygen atoms in total. The second kappa shape index (κ2) is 13.3. The van der Waals surface area contributed by atoms with E-state index in [0.29, 0.717) is 13.0 Å². The van der Waals surface area contributed by atoms with Crippen molar-refractivity contribution in [3.05, 3.63) is 70.8 Å². The Balaban J connectivity index is 1.44. The third kappa shape index (κ3) is 7.39. The Kier molecular flexibility index (Phi) is 9.87. The van der Waals surface area contributed by atoms with E-state index in [1.165, 1.54) is 13.8 Å². The molecule has 3 N–H and O–H groups in total. The first-order chi connectivity index (χ1) is 18.4. The monoisotopic (exact) mass is 526 g/mol. The summed E-state index contributed by atoms with van der Waals surface area (Å²) < 4.78 is 17.8. The Morgan fingerprint density at radius 1 is 1.05 bits per heavy atom. The molecule has 0 spiro atoms. The SMILES string of the molecule is CC(=O)O[C@@H](C)C(=O)NCc1ccc([C@H]2O[C@@H](CN3CCC[C@H]3CO)C[C@@H](c3ccc(CO)cc3)O2)cc1. The van der Waals surface area contributed by atoms with Gasteiger partial charge in [0.25, 0.3) is 5.91 Å². The van der Waals surface area contributed by atoms with E-state index in [-0.39, 0.29) is 37.4 Å². The van der Waals surface area contributed by atoms with E-state index in [2.05, 4.69) is 10.2 Å². The van der Waals surface area contributed by atoms with Crippen LogP contribution in [-0.2, 0) is 37.0 Å². The van der Waals surface area contributed by atoms with Crippen molar-refractivity contribution in [1.82, 2.24) is 10.2 Å². The van der Waals surface area contributed by atoms with E-state index in [4.69, 9.17) is 14.2 Å². The topological polar surface area (TPSA) is 118 Å². The van der Waals surface area contributed by atoms with Crippen LogP contribution < -0.4 is 5.32 Å². The first-order valence-corrected chi connectivity index (χ1v) is 13.3. The Labute approximate surface area is 223 Å². The molecule has 2 aliphatic rings. The second-order valence-corrected chi connectivity index (χ2v) is 10.0. The Morgan fingerprint density at radius 2 is 1.74 bits per heavy atom. The third-order valence-corrected chi connectivity index (χ3v) is 7.19. The van der Waals surface area contributed by atoms with Crippen LogP contribution in [0, 0.1) is 0 Å². The highest BCUT2D eigenvalue weighted by molar-refractivity contribution is 5.82. The molecule has 206 valence electrons. The molecule has 4 rings (SSSR count). The van der Waals surface area contributed by atoms with Crippen LogP contribution in [0.15, 0.2) is 48.5 Å². The van der Waals surface area contributed by atoms with Crippen molar-refractivity contribution in [3.63, 3.8) is 0 Å². The lowest BCUT2D eigenvalue weighted by atomic mass is 9.99. The number of ether oxygens (including phenoxy) is 3. The average molecular weight is 527 g/mol. The number of aliphatic hydroxyl groups excluding tert-OH is 2. The molecular formula is C29H38N2O7. The summed E-state index contributed by atoms with van der Waals surface area (Å²) in [6, 6.07) is 15.7. The zero-order valence-electron chi connectivity index (χ0n) is 22.0. The van der Waals surface area contributed by atoms with Crippen molar-refractivity contribution in [2.45, 2.75) is 76.9 Å². The molecular weight excluding hydrogens is 488 g/mol. The molecule has 2 heterocycles. The van der Waals surface area contributed by atoms with Gasteiger partial charge >= 0.3 is 5.97 Å². The number of nitrogens with one attached hydrogen (secondary N) is 1. The molecule has 2 aliphatic heterocycles. The van der Waals surface area contributed by atoms with Crippen LogP contribution in [0.1, 0.15) is 67.8 Å². The number of esters is 1. The van der Waals surface area contributed by atoms with Crippen molar-refractivity contribution in [2.24, 2.45) is 0 Å². The van der Waals surface area contributed by atoms with Crippen molar-refractivity contribution < 1.29 is 34.0 Å². The van der Waals surface area contributed by atoms with Crippen LogP contribution in [0.5, 0.6) is 0 Å². The van der Waals surface area contributed by atoms with Crippen LogP contribution in [-0.4, -0.2) is 64.9 Å². The number of hydrogen-bond donors (Lipinski definition) is 3. The molecule has 0 aromatic heterocycles. The number of aliphatic hydroxyl groups is 2. The van der Waals surface area contributed by atoms with Gasteiger partial charge in [0.15, 0.2) is 12.4 Å². The van der Waals surface area contributed by atoms with E-state index in [0.717, 1.165) is 48.2 Å². The number of nitrogens with zero attached hydrogens (tertiary/aromatic N) is 1. The average Bonchev–Trinajstić information content (AvgIpc) is 3.38. The number of likely N-dealkylation sites (tertiary alicyclic amines) is 1. The maximum atomic E-state index is 12.1. The van der Waals surface area contributed by atoms with Gasteiger partial charge in [-0.05, 0) is 43.0 Å². The first kappa shape index (κ1) is 28.2. The van der Waals surface area contributed by atoms with Gasteiger partial charge in [0.2, 0.25) is 0 Å². The first-order valence-electron chi connectivity index (χ1n) is 13.3. The summed E-state index contributed by atoms with van der Waals surface area (Å²) in [7, 11) is 0. The lowest BCUT2D eigenvalue weighted by molar-refractivity contribution is -0.253. The standard InChI is InChI=1S/C29H38N2O7/c1-19(36-20(2)34)28(35)30-15-21-5-11-24(12-6-21)29-37-26(16-31-13-3-4-25(31)18-33)14-27(38-29)23-9-7-22(17-32)8-10-23/h5-12,19,25-27,29,32-33H,3-4,13-18H2,1-2H3,(H,30,35)/t19-,25-,26+,27-,29-/m0/s1. The molecule has 2 saturated heterocycles. The number of rotatable bonds is 10. The van der Waals surface area contributed by atoms with E-state index < -0.39 is 18.4 Å². The maximum Gasteiger partial charge on any atom is 0.303 e. The summed E-state index contributed by atoms with van der Waals surface area (Å²) in [5.74, 6) is -0.855. The highest BCUT2D eigenvalue weighted by Gasteiger charge is 2.35. The number of carbonyl (C=O) groups is 2. The van der Waals surface area contributed by atoms with E-state index in [1.54, 1.807) is 0 Å². The molecule has 2 fully saturated rings. The number of benzene rings is 2. The summed E-state index contributed by atoms with van der Waals surface area (Å²) in [6.45, 7) is 4.92. The predicted octanol–water partition coefficient (Wildman–Crippen LogP) is 2.75. The lowest BCUT2D eigenvalue weighted by Gasteiger charge is -2.38. The second-order valence-electron chi connectivity index (χ2n) is 10.0. The molecule has 5 atom stereocenters. The summed E-state index contributed by atoms with van der Waals surface area (Å²) in [5, 5.41) is 22.0. The molecule has 0 aliphatic carbocycles. The van der Waals surface area contributed by atoms with E-state index in [9.17, 15) is 19.8 Å². The fourth-order valence-corrected chi connectivity index (χ4v) is 5.06. The number of hydrogen-bond acceptors (Lipinski definition) is 8. The molecule has 0 radical (unpaired) electrons. The molecule has 1 amide bonds. The minimum atomic E-state index is -0.850. The quantitative estimate of drug-likeness (QED) is 0.405. The van der Waals surface area contributed by atoms with Crippen molar-refractivity contribution in [1.29, 1.82) is 0 Å². The summed E-state index contributed by atoms with van der Waals surface area (Å²) in [6.07, 6.45) is 1.08. The van der Waals surface area contributed by atoms with Crippen molar-refractivity contribution in [3.8, 4) is 0 Å². The van der Waals surface area contributed by atoms with E-state index in [1.807, 2.05) is 48.5 Å². The number of carbonyl (C=O) groups excluding carboxylic acids is 2. The van der Waals surface area contributed by atoms with E-state index >= 15 is 0 Å². The van der Waals surface area contributed by atoms with Gasteiger partial charge < -0.3 is 29.7 Å². The van der Waals surface area contributed by atoms with Crippen LogP contribution in [0.4, 0.5) is 0 Å². The van der Waals surface area contributed by atoms with Gasteiger partial charge in [0, 0.05) is 38.0 Å². The van der Waals surface area contributed by atoms with Crippen molar-refractivity contribution in [2.75, 3.05) is 19.7 Å². The lowest BCUT2D eigenvalue weighted by Crippen LogP contribution is -2.42. The van der Waals surface area contributed by atoms with Crippen LogP contribution in [0.25, 0.3) is 0 Å². The molecule has 9 heteroatoms. The minimum Gasteiger partial charge on any atom is -0.453 e. The van der Waals surface area contributed by atoms with Crippen LogP contribution in [0.2, 0.25) is 0 Å². The van der Waals surface area contributed by atoms with Gasteiger partial charge in [-0.2, -0.15) is 0 Å². The molecule has 0 unspecified atom stereocenters. The Hall–Kier alpha value is -2.82. The zero-order valence-corrected chi connectivity index (χ0v) is 22.0. The highest BCUT2D eigenvalue weighted by atomic mass is 16.7. The maximum absolute atomic E-state index is 12.1. The minimum absolute atomic E-state index is 0.00680. The van der Waals surface area contributed by atoms with Gasteiger partial charge in [0.05, 0.1) is 25.4 Å². The predicted molar refractivity (Wildman–Crippen MR) is 140 cm³/mol.